The third kappa shape index (κ3) is 3.16. The van der Waals surface area contributed by atoms with E-state index in [9.17, 15) is 9.90 Å². The van der Waals surface area contributed by atoms with Gasteiger partial charge >= 0.3 is 0 Å². The SMILES string of the molecule is CC(C)C1(O)CN(CC(=O)N(C)Cc2ccco2)C1. The zero-order valence-electron chi connectivity index (χ0n) is 11.8. The molecular weight excluding hydrogens is 244 g/mol. The van der Waals surface area contributed by atoms with Crippen molar-refractivity contribution in [2.45, 2.75) is 26.0 Å². The number of carbonyl (C=O) groups is 1. The van der Waals surface area contributed by atoms with Crippen LogP contribution >= 0.6 is 0 Å². The molecule has 106 valence electrons. The number of likely N-dealkylation sites (tertiary alicyclic amines) is 1. The van der Waals surface area contributed by atoms with E-state index < -0.39 is 5.60 Å². The largest absolute Gasteiger partial charge is 0.467 e. The van der Waals surface area contributed by atoms with Gasteiger partial charge < -0.3 is 14.4 Å². The summed E-state index contributed by atoms with van der Waals surface area (Å²) in [5.41, 5.74) is -0.625. The Labute approximate surface area is 113 Å². The van der Waals surface area contributed by atoms with Crippen molar-refractivity contribution >= 4 is 5.91 Å². The van der Waals surface area contributed by atoms with Crippen LogP contribution in [0.5, 0.6) is 0 Å². The van der Waals surface area contributed by atoms with Gasteiger partial charge in [0.1, 0.15) is 5.76 Å². The summed E-state index contributed by atoms with van der Waals surface area (Å²) in [6, 6.07) is 3.66. The highest BCUT2D eigenvalue weighted by atomic mass is 16.3. The number of amides is 1. The summed E-state index contributed by atoms with van der Waals surface area (Å²) < 4.78 is 5.22. The normalized spacial score (nSPS) is 18.4. The molecule has 1 N–H and O–H groups in total. The molecule has 0 radical (unpaired) electrons. The van der Waals surface area contributed by atoms with Crippen LogP contribution in [0.2, 0.25) is 0 Å². The number of carbonyl (C=O) groups excluding carboxylic acids is 1. The van der Waals surface area contributed by atoms with Crippen LogP contribution in [-0.2, 0) is 11.3 Å². The van der Waals surface area contributed by atoms with Gasteiger partial charge in [-0.05, 0) is 18.1 Å². The average molecular weight is 266 g/mol. The fourth-order valence-electron chi connectivity index (χ4n) is 2.24. The van der Waals surface area contributed by atoms with Crippen molar-refractivity contribution in [1.82, 2.24) is 9.80 Å². The standard InChI is InChI=1S/C14H22N2O3/c1-11(2)14(18)9-16(10-14)8-13(17)15(3)7-12-5-4-6-19-12/h4-6,11,18H,7-10H2,1-3H3. The minimum Gasteiger partial charge on any atom is -0.467 e. The summed E-state index contributed by atoms with van der Waals surface area (Å²) in [5, 5.41) is 10.1. The maximum Gasteiger partial charge on any atom is 0.236 e. The van der Waals surface area contributed by atoms with Crippen LogP contribution in [0.15, 0.2) is 22.8 Å². The van der Waals surface area contributed by atoms with Gasteiger partial charge in [0.2, 0.25) is 5.91 Å². The molecule has 1 saturated heterocycles. The predicted octanol–water partition coefficient (Wildman–Crippen LogP) is 0.941. The van der Waals surface area contributed by atoms with Crippen molar-refractivity contribution in [2.75, 3.05) is 26.7 Å². The average Bonchev–Trinajstić information content (AvgIpc) is 2.79. The molecule has 1 amide bonds. The molecule has 2 rings (SSSR count). The Morgan fingerprint density at radius 2 is 2.26 bits per heavy atom. The molecular formula is C14H22N2O3. The monoisotopic (exact) mass is 266 g/mol. The first-order valence-electron chi connectivity index (χ1n) is 6.62. The van der Waals surface area contributed by atoms with E-state index in [4.69, 9.17) is 4.42 Å². The molecule has 0 atom stereocenters. The lowest BCUT2D eigenvalue weighted by Crippen LogP contribution is -2.65. The number of nitrogens with zero attached hydrogens (tertiary/aromatic N) is 2. The molecule has 0 bridgehead atoms. The molecule has 1 aromatic rings. The van der Waals surface area contributed by atoms with Crippen LogP contribution in [0.25, 0.3) is 0 Å². The number of hydrogen-bond donors (Lipinski definition) is 1. The lowest BCUT2D eigenvalue weighted by atomic mass is 9.83. The molecule has 0 aliphatic carbocycles. The maximum atomic E-state index is 12.0. The number of aliphatic hydroxyl groups is 1. The summed E-state index contributed by atoms with van der Waals surface area (Å²) in [6.07, 6.45) is 1.60. The van der Waals surface area contributed by atoms with Gasteiger partial charge in [-0.25, -0.2) is 0 Å². The lowest BCUT2D eigenvalue weighted by molar-refractivity contribution is -0.148. The highest BCUT2D eigenvalue weighted by molar-refractivity contribution is 5.78. The first kappa shape index (κ1) is 14.1. The molecule has 5 heteroatoms. The minimum atomic E-state index is -0.625. The van der Waals surface area contributed by atoms with Crippen LogP contribution in [0, 0.1) is 5.92 Å². The third-order valence-corrected chi connectivity index (χ3v) is 3.83. The van der Waals surface area contributed by atoms with E-state index in [1.807, 2.05) is 30.9 Å². The van der Waals surface area contributed by atoms with Gasteiger partial charge in [0.25, 0.3) is 0 Å². The summed E-state index contributed by atoms with van der Waals surface area (Å²) >= 11 is 0. The van der Waals surface area contributed by atoms with Crippen molar-refractivity contribution in [3.8, 4) is 0 Å². The second kappa shape index (κ2) is 5.35. The maximum absolute atomic E-state index is 12.0. The molecule has 0 aromatic carbocycles. The summed E-state index contributed by atoms with van der Waals surface area (Å²) in [6.45, 7) is 5.99. The van der Waals surface area contributed by atoms with Crippen molar-refractivity contribution in [1.29, 1.82) is 0 Å². The molecule has 19 heavy (non-hydrogen) atoms. The Balaban J connectivity index is 1.76. The van der Waals surface area contributed by atoms with Gasteiger partial charge in [0.15, 0.2) is 0 Å². The van der Waals surface area contributed by atoms with E-state index in [2.05, 4.69) is 0 Å². The number of hydrogen-bond acceptors (Lipinski definition) is 4. The quantitative estimate of drug-likeness (QED) is 0.862. The minimum absolute atomic E-state index is 0.0437. The third-order valence-electron chi connectivity index (χ3n) is 3.83. The van der Waals surface area contributed by atoms with Crippen LogP contribution < -0.4 is 0 Å². The summed E-state index contributed by atoms with van der Waals surface area (Å²) in [7, 11) is 1.76. The van der Waals surface area contributed by atoms with E-state index in [0.717, 1.165) is 5.76 Å². The second-order valence-electron chi connectivity index (χ2n) is 5.73. The predicted molar refractivity (Wildman–Crippen MR) is 71.4 cm³/mol. The van der Waals surface area contributed by atoms with Gasteiger partial charge in [-0.15, -0.1) is 0 Å². The smallest absolute Gasteiger partial charge is 0.236 e. The van der Waals surface area contributed by atoms with Crippen LogP contribution in [0.4, 0.5) is 0 Å². The van der Waals surface area contributed by atoms with Crippen molar-refractivity contribution in [2.24, 2.45) is 5.92 Å². The van der Waals surface area contributed by atoms with Crippen molar-refractivity contribution < 1.29 is 14.3 Å². The number of likely N-dealkylation sites (N-methyl/N-ethyl adjacent to an activating group) is 1. The van der Waals surface area contributed by atoms with Crippen molar-refractivity contribution in [3.63, 3.8) is 0 Å². The van der Waals surface area contributed by atoms with Gasteiger partial charge in [-0.1, -0.05) is 13.8 Å². The van der Waals surface area contributed by atoms with E-state index in [1.54, 1.807) is 18.2 Å². The van der Waals surface area contributed by atoms with Gasteiger partial charge in [0.05, 0.1) is 25.0 Å². The summed E-state index contributed by atoms with van der Waals surface area (Å²) in [5.74, 6) is 1.04. The first-order valence-corrected chi connectivity index (χ1v) is 6.62. The van der Waals surface area contributed by atoms with E-state index in [0.29, 0.717) is 26.2 Å². The second-order valence-corrected chi connectivity index (χ2v) is 5.73. The van der Waals surface area contributed by atoms with Crippen molar-refractivity contribution in [3.05, 3.63) is 24.2 Å². The molecule has 5 nitrogen and oxygen atoms in total. The van der Waals surface area contributed by atoms with Gasteiger partial charge in [-0.3, -0.25) is 9.69 Å². The molecule has 0 saturated carbocycles. The van der Waals surface area contributed by atoms with Crippen LogP contribution in [-0.4, -0.2) is 53.1 Å². The number of rotatable bonds is 5. The fraction of sp³-hybridized carbons (Fsp3) is 0.643. The molecule has 2 heterocycles. The Kier molecular flexibility index (Phi) is 3.96. The zero-order valence-corrected chi connectivity index (χ0v) is 11.8. The Hall–Kier alpha value is -1.33. The van der Waals surface area contributed by atoms with Gasteiger partial charge in [0, 0.05) is 20.1 Å². The van der Waals surface area contributed by atoms with E-state index in [1.165, 1.54) is 0 Å². The highest BCUT2D eigenvalue weighted by Crippen LogP contribution is 2.28. The number of furan rings is 1. The lowest BCUT2D eigenvalue weighted by Gasteiger charge is -2.49. The molecule has 1 aliphatic rings. The van der Waals surface area contributed by atoms with E-state index >= 15 is 0 Å². The van der Waals surface area contributed by atoms with Crippen LogP contribution in [0.3, 0.4) is 0 Å². The Bertz CT molecular complexity index is 422. The molecule has 1 fully saturated rings. The first-order chi connectivity index (χ1) is 8.90. The molecule has 0 spiro atoms. The zero-order chi connectivity index (χ0) is 14.0. The highest BCUT2D eigenvalue weighted by Gasteiger charge is 2.44. The molecule has 0 unspecified atom stereocenters. The fourth-order valence-corrected chi connectivity index (χ4v) is 2.24. The van der Waals surface area contributed by atoms with E-state index in [-0.39, 0.29) is 11.8 Å². The van der Waals surface area contributed by atoms with Crippen LogP contribution in [0.1, 0.15) is 19.6 Å². The summed E-state index contributed by atoms with van der Waals surface area (Å²) in [4.78, 5) is 15.6. The number of β-amino-alcohol motifs (C(OH)–C–C–N with tert-alkyl or cyclic N) is 1. The Morgan fingerprint density at radius 1 is 1.58 bits per heavy atom. The Morgan fingerprint density at radius 3 is 2.79 bits per heavy atom. The molecule has 1 aliphatic heterocycles. The molecule has 1 aromatic heterocycles. The topological polar surface area (TPSA) is 56.9 Å². The van der Waals surface area contributed by atoms with Gasteiger partial charge in [-0.2, -0.15) is 0 Å².